The molecule has 1 aromatic rings. The van der Waals surface area contributed by atoms with Crippen LogP contribution < -0.4 is 10.6 Å². The Balaban J connectivity index is 2.70. The average Bonchev–Trinajstić information content (AvgIpc) is 2.84. The van der Waals surface area contributed by atoms with Gasteiger partial charge in [0.2, 0.25) is 5.91 Å². The lowest BCUT2D eigenvalue weighted by atomic mass is 10.0. The fourth-order valence-electron chi connectivity index (χ4n) is 1.74. The van der Waals surface area contributed by atoms with E-state index in [9.17, 15) is 9.59 Å². The zero-order valence-corrected chi connectivity index (χ0v) is 13.2. The van der Waals surface area contributed by atoms with Crippen molar-refractivity contribution in [1.29, 1.82) is 0 Å². The van der Waals surface area contributed by atoms with E-state index in [0.717, 1.165) is 5.69 Å². The summed E-state index contributed by atoms with van der Waals surface area (Å²) in [6, 6.07) is 1.10. The van der Waals surface area contributed by atoms with Crippen LogP contribution in [0.5, 0.6) is 0 Å². The number of carbonyl (C=O) groups is 2. The molecule has 7 nitrogen and oxygen atoms in total. The van der Waals surface area contributed by atoms with Crippen molar-refractivity contribution in [3.63, 3.8) is 0 Å². The van der Waals surface area contributed by atoms with E-state index in [-0.39, 0.29) is 18.4 Å². The highest BCUT2D eigenvalue weighted by molar-refractivity contribution is 5.96. The van der Waals surface area contributed by atoms with Crippen molar-refractivity contribution in [2.75, 3.05) is 11.9 Å². The molecule has 1 unspecified atom stereocenters. The fourth-order valence-corrected chi connectivity index (χ4v) is 1.74. The topological polar surface area (TPSA) is 96.1 Å². The van der Waals surface area contributed by atoms with Crippen molar-refractivity contribution in [1.82, 2.24) is 15.5 Å². The number of amides is 2. The van der Waals surface area contributed by atoms with Gasteiger partial charge in [-0.3, -0.25) is 9.89 Å². The molecule has 0 saturated heterocycles. The summed E-state index contributed by atoms with van der Waals surface area (Å²) in [4.78, 5) is 23.7. The Morgan fingerprint density at radius 1 is 1.33 bits per heavy atom. The quantitative estimate of drug-likeness (QED) is 0.750. The van der Waals surface area contributed by atoms with E-state index in [1.165, 1.54) is 0 Å². The smallest absolute Gasteiger partial charge is 0.407 e. The molecule has 0 spiro atoms. The standard InChI is InChI=1S/C14H24N4O3/c1-6-21-14(20)16-12(9(4)5)13(19)15-11-7-10(8(2)3)17-18-11/h7-9,12H,6H2,1-5H3,(H,16,20)(H2,15,17,18,19). The maximum atomic E-state index is 12.2. The number of hydrogen-bond donors (Lipinski definition) is 3. The van der Waals surface area contributed by atoms with Gasteiger partial charge in [0, 0.05) is 11.8 Å². The van der Waals surface area contributed by atoms with Crippen LogP contribution in [-0.2, 0) is 9.53 Å². The third-order valence-corrected chi connectivity index (χ3v) is 2.97. The first-order chi connectivity index (χ1) is 9.85. The Morgan fingerprint density at radius 2 is 2.00 bits per heavy atom. The van der Waals surface area contributed by atoms with Crippen LogP contribution in [0.25, 0.3) is 0 Å². The molecule has 0 bridgehead atoms. The zero-order chi connectivity index (χ0) is 16.0. The Hall–Kier alpha value is -2.05. The summed E-state index contributed by atoms with van der Waals surface area (Å²) in [5, 5.41) is 12.1. The van der Waals surface area contributed by atoms with Crippen molar-refractivity contribution in [3.8, 4) is 0 Å². The first-order valence-electron chi connectivity index (χ1n) is 7.14. The van der Waals surface area contributed by atoms with Crippen LogP contribution >= 0.6 is 0 Å². The molecular weight excluding hydrogens is 272 g/mol. The minimum atomic E-state index is -0.678. The molecule has 2 amide bonds. The highest BCUT2D eigenvalue weighted by Gasteiger charge is 2.25. The summed E-state index contributed by atoms with van der Waals surface area (Å²) in [5.41, 5.74) is 0.935. The van der Waals surface area contributed by atoms with Gasteiger partial charge < -0.3 is 15.4 Å². The van der Waals surface area contributed by atoms with Gasteiger partial charge in [0.25, 0.3) is 0 Å². The number of hydrogen-bond acceptors (Lipinski definition) is 4. The van der Waals surface area contributed by atoms with Gasteiger partial charge in [0.1, 0.15) is 6.04 Å². The second kappa shape index (κ2) is 7.66. The first kappa shape index (κ1) is 17.0. The number of H-pyrrole nitrogens is 1. The lowest BCUT2D eigenvalue weighted by Crippen LogP contribution is -2.47. The number of anilines is 1. The van der Waals surface area contributed by atoms with Crippen LogP contribution in [0.3, 0.4) is 0 Å². The minimum absolute atomic E-state index is 0.0714. The lowest BCUT2D eigenvalue weighted by Gasteiger charge is -2.20. The van der Waals surface area contributed by atoms with Crippen molar-refractivity contribution in [3.05, 3.63) is 11.8 Å². The number of rotatable bonds is 6. The Bertz CT molecular complexity index is 482. The highest BCUT2D eigenvalue weighted by atomic mass is 16.5. The van der Waals surface area contributed by atoms with E-state index in [2.05, 4.69) is 20.8 Å². The molecule has 0 aromatic carbocycles. The molecule has 1 rings (SSSR count). The molecule has 0 radical (unpaired) electrons. The Labute approximate surface area is 124 Å². The minimum Gasteiger partial charge on any atom is -0.450 e. The highest BCUT2D eigenvalue weighted by Crippen LogP contribution is 2.15. The van der Waals surface area contributed by atoms with Gasteiger partial charge in [-0.25, -0.2) is 4.79 Å². The molecule has 1 atom stereocenters. The van der Waals surface area contributed by atoms with Crippen LogP contribution in [0, 0.1) is 5.92 Å². The molecule has 7 heteroatoms. The van der Waals surface area contributed by atoms with Gasteiger partial charge >= 0.3 is 6.09 Å². The van der Waals surface area contributed by atoms with E-state index in [4.69, 9.17) is 4.74 Å². The van der Waals surface area contributed by atoms with Crippen molar-refractivity contribution >= 4 is 17.8 Å². The zero-order valence-electron chi connectivity index (χ0n) is 13.2. The second-order valence-electron chi connectivity index (χ2n) is 5.44. The maximum absolute atomic E-state index is 12.2. The molecule has 0 aliphatic rings. The Kier molecular flexibility index (Phi) is 6.20. The van der Waals surface area contributed by atoms with Gasteiger partial charge in [0.05, 0.1) is 6.61 Å². The van der Waals surface area contributed by atoms with Gasteiger partial charge in [-0.1, -0.05) is 27.7 Å². The summed E-state index contributed by atoms with van der Waals surface area (Å²) in [6.45, 7) is 9.72. The SMILES string of the molecule is CCOC(=O)NC(C(=O)Nc1cc(C(C)C)[nH]n1)C(C)C. The van der Waals surface area contributed by atoms with E-state index in [1.807, 2.05) is 27.7 Å². The van der Waals surface area contributed by atoms with Gasteiger partial charge in [-0.2, -0.15) is 5.10 Å². The van der Waals surface area contributed by atoms with E-state index in [0.29, 0.717) is 11.7 Å². The summed E-state index contributed by atoms with van der Waals surface area (Å²) in [5.74, 6) is 0.347. The van der Waals surface area contributed by atoms with Crippen LogP contribution in [-0.4, -0.2) is 34.8 Å². The van der Waals surface area contributed by atoms with Gasteiger partial charge in [-0.15, -0.1) is 0 Å². The van der Waals surface area contributed by atoms with Gasteiger partial charge in [0.15, 0.2) is 5.82 Å². The van der Waals surface area contributed by atoms with Gasteiger partial charge in [-0.05, 0) is 18.8 Å². The second-order valence-corrected chi connectivity index (χ2v) is 5.44. The summed E-state index contributed by atoms with van der Waals surface area (Å²) >= 11 is 0. The number of carbonyl (C=O) groups excluding carboxylic acids is 2. The number of nitrogens with zero attached hydrogens (tertiary/aromatic N) is 1. The average molecular weight is 296 g/mol. The lowest BCUT2D eigenvalue weighted by molar-refractivity contribution is -0.119. The van der Waals surface area contributed by atoms with Crippen LogP contribution in [0.2, 0.25) is 0 Å². The molecule has 1 heterocycles. The van der Waals surface area contributed by atoms with Crippen LogP contribution in [0.1, 0.15) is 46.2 Å². The molecule has 0 fully saturated rings. The molecule has 21 heavy (non-hydrogen) atoms. The predicted molar refractivity (Wildman–Crippen MR) is 80.1 cm³/mol. The van der Waals surface area contributed by atoms with E-state index in [1.54, 1.807) is 13.0 Å². The summed E-state index contributed by atoms with van der Waals surface area (Å²) in [6.07, 6.45) is -0.601. The third-order valence-electron chi connectivity index (χ3n) is 2.97. The maximum Gasteiger partial charge on any atom is 0.407 e. The fraction of sp³-hybridized carbons (Fsp3) is 0.643. The number of ether oxygens (including phenoxy) is 1. The summed E-state index contributed by atoms with van der Waals surface area (Å²) < 4.78 is 4.81. The monoisotopic (exact) mass is 296 g/mol. The number of aromatic nitrogens is 2. The first-order valence-corrected chi connectivity index (χ1v) is 7.14. The molecule has 0 saturated carbocycles. The molecule has 118 valence electrons. The molecule has 1 aromatic heterocycles. The third kappa shape index (κ3) is 5.09. The van der Waals surface area contributed by atoms with Crippen molar-refractivity contribution in [2.24, 2.45) is 5.92 Å². The number of nitrogens with one attached hydrogen (secondary N) is 3. The van der Waals surface area contributed by atoms with Crippen LogP contribution in [0.4, 0.5) is 10.6 Å². The molecular formula is C14H24N4O3. The molecule has 0 aliphatic carbocycles. The van der Waals surface area contributed by atoms with E-state index < -0.39 is 12.1 Å². The largest absolute Gasteiger partial charge is 0.450 e. The normalized spacial score (nSPS) is 12.3. The Morgan fingerprint density at radius 3 is 2.48 bits per heavy atom. The predicted octanol–water partition coefficient (Wildman–Crippen LogP) is 2.24. The van der Waals surface area contributed by atoms with E-state index >= 15 is 0 Å². The van der Waals surface area contributed by atoms with Crippen molar-refractivity contribution < 1.29 is 14.3 Å². The summed E-state index contributed by atoms with van der Waals surface area (Å²) in [7, 11) is 0. The number of alkyl carbamates (subject to hydrolysis) is 1. The molecule has 3 N–H and O–H groups in total. The van der Waals surface area contributed by atoms with Crippen LogP contribution in [0.15, 0.2) is 6.07 Å². The van der Waals surface area contributed by atoms with Crippen molar-refractivity contribution in [2.45, 2.75) is 46.6 Å². The molecule has 0 aliphatic heterocycles. The number of aromatic amines is 1.